The van der Waals surface area contributed by atoms with Crippen LogP contribution in [0.5, 0.6) is 0 Å². The minimum absolute atomic E-state index is 0. The first-order chi connectivity index (χ1) is 9.42. The smallest absolute Gasteiger partial charge is 1.00 e. The van der Waals surface area contributed by atoms with Crippen LogP contribution in [0.3, 0.4) is 0 Å². The molecular formula is C18H16Cl2CrN. The number of hydrogen-bond acceptors (Lipinski definition) is 1. The van der Waals surface area contributed by atoms with Gasteiger partial charge in [0.2, 0.25) is 0 Å². The number of aryl methyl sites for hydroxylation is 1. The van der Waals surface area contributed by atoms with E-state index in [1.807, 2.05) is 24.4 Å². The Hall–Kier alpha value is -1.04. The summed E-state index contributed by atoms with van der Waals surface area (Å²) in [5.41, 5.74) is 5.03. The van der Waals surface area contributed by atoms with Crippen LogP contribution < -0.4 is 24.8 Å². The van der Waals surface area contributed by atoms with Crippen LogP contribution in [0.2, 0.25) is 0 Å². The van der Waals surface area contributed by atoms with Crippen molar-refractivity contribution in [2.45, 2.75) is 19.3 Å². The number of halogens is 2. The van der Waals surface area contributed by atoms with Crippen molar-refractivity contribution in [3.05, 3.63) is 83.7 Å². The summed E-state index contributed by atoms with van der Waals surface area (Å²) in [5.74, 6) is 0. The number of aromatic nitrogens is 1. The van der Waals surface area contributed by atoms with Crippen molar-refractivity contribution in [1.82, 2.24) is 4.98 Å². The van der Waals surface area contributed by atoms with Crippen molar-refractivity contribution in [1.29, 1.82) is 0 Å². The van der Waals surface area contributed by atoms with Gasteiger partial charge in [0.25, 0.3) is 0 Å². The van der Waals surface area contributed by atoms with Gasteiger partial charge in [-0.05, 0) is 25.0 Å². The quantitative estimate of drug-likeness (QED) is 0.582. The summed E-state index contributed by atoms with van der Waals surface area (Å²) >= 11 is 0. The second kappa shape index (κ2) is 10.6. The van der Waals surface area contributed by atoms with E-state index in [4.69, 9.17) is 0 Å². The molecule has 0 spiro atoms. The molecule has 0 atom stereocenters. The molecule has 0 aliphatic heterocycles. The van der Waals surface area contributed by atoms with Gasteiger partial charge in [0.1, 0.15) is 0 Å². The minimum Gasteiger partial charge on any atom is -1.00 e. The van der Waals surface area contributed by atoms with Gasteiger partial charge in [0.15, 0.2) is 0 Å². The molecule has 1 nitrogen and oxygen atoms in total. The van der Waals surface area contributed by atoms with E-state index < -0.39 is 0 Å². The molecular weight excluding hydrogens is 353 g/mol. The Labute approximate surface area is 155 Å². The van der Waals surface area contributed by atoms with E-state index in [2.05, 4.69) is 47.5 Å². The van der Waals surface area contributed by atoms with Crippen molar-refractivity contribution in [3.63, 3.8) is 0 Å². The van der Waals surface area contributed by atoms with Gasteiger partial charge in [-0.25, -0.2) is 0 Å². The Bertz CT molecular complexity index is 609. The summed E-state index contributed by atoms with van der Waals surface area (Å²) in [7, 11) is 0. The Morgan fingerprint density at radius 1 is 0.909 bits per heavy atom. The monoisotopic (exact) mass is 368 g/mol. The molecule has 1 aliphatic carbocycles. The zero-order chi connectivity index (χ0) is 12.9. The molecule has 1 heterocycles. The van der Waals surface area contributed by atoms with Crippen LogP contribution in [-0.2, 0) is 23.8 Å². The normalized spacial score (nSPS) is 12.2. The molecule has 113 valence electrons. The largest absolute Gasteiger partial charge is 3.00 e. The first-order valence-electron chi connectivity index (χ1n) is 6.69. The third-order valence-corrected chi connectivity index (χ3v) is 3.36. The van der Waals surface area contributed by atoms with Crippen molar-refractivity contribution >= 4 is 5.57 Å². The van der Waals surface area contributed by atoms with Crippen molar-refractivity contribution in [2.75, 3.05) is 0 Å². The van der Waals surface area contributed by atoms with Crippen molar-refractivity contribution in [2.24, 2.45) is 0 Å². The topological polar surface area (TPSA) is 12.9 Å². The van der Waals surface area contributed by atoms with Gasteiger partial charge in [0.05, 0.1) is 0 Å². The summed E-state index contributed by atoms with van der Waals surface area (Å²) < 4.78 is 0. The number of rotatable bonds is 4. The van der Waals surface area contributed by atoms with Crippen LogP contribution in [-0.4, -0.2) is 4.98 Å². The number of benzene rings is 1. The maximum atomic E-state index is 4.36. The van der Waals surface area contributed by atoms with Crippen LogP contribution >= 0.6 is 0 Å². The van der Waals surface area contributed by atoms with Gasteiger partial charge >= 0.3 is 17.4 Å². The van der Waals surface area contributed by atoms with Gasteiger partial charge in [0, 0.05) is 11.9 Å². The molecule has 1 aliphatic rings. The van der Waals surface area contributed by atoms with E-state index in [-0.39, 0.29) is 42.2 Å². The third-order valence-electron chi connectivity index (χ3n) is 3.36. The number of pyridine rings is 1. The van der Waals surface area contributed by atoms with E-state index in [1.54, 1.807) is 0 Å². The molecule has 0 fully saturated rings. The van der Waals surface area contributed by atoms with E-state index in [0.717, 1.165) is 25.0 Å². The van der Waals surface area contributed by atoms with Crippen LogP contribution in [0.25, 0.3) is 5.57 Å². The predicted octanol–water partition coefficient (Wildman–Crippen LogP) is -1.76. The van der Waals surface area contributed by atoms with Crippen LogP contribution in [0.15, 0.2) is 66.4 Å². The zero-order valence-corrected chi connectivity index (χ0v) is 14.8. The molecule has 0 amide bonds. The van der Waals surface area contributed by atoms with Crippen LogP contribution in [0, 0.1) is 6.08 Å². The Kier molecular flexibility index (Phi) is 10.1. The molecule has 0 saturated carbocycles. The Morgan fingerprint density at radius 3 is 2.32 bits per heavy atom. The Morgan fingerprint density at radius 2 is 1.64 bits per heavy atom. The second-order valence-corrected chi connectivity index (χ2v) is 4.74. The average Bonchev–Trinajstić information content (AvgIpc) is 2.96. The number of allylic oxidation sites excluding steroid dienone is 4. The third kappa shape index (κ3) is 5.63. The van der Waals surface area contributed by atoms with Crippen LogP contribution in [0.1, 0.15) is 24.1 Å². The summed E-state index contributed by atoms with van der Waals surface area (Å²) in [5, 5.41) is 0. The van der Waals surface area contributed by atoms with Gasteiger partial charge in [-0.1, -0.05) is 30.7 Å². The minimum atomic E-state index is 0. The molecule has 1 aromatic heterocycles. The molecule has 2 aromatic rings. The average molecular weight is 369 g/mol. The van der Waals surface area contributed by atoms with E-state index in [9.17, 15) is 0 Å². The maximum Gasteiger partial charge on any atom is 3.00 e. The van der Waals surface area contributed by atoms with Gasteiger partial charge in [-0.3, -0.25) is 4.98 Å². The standard InChI is InChI=1S/C18H16N.2ClH.Cr/c1-2-6-16(7-3-1)17-11-9-15(14-17)10-12-18-8-4-5-13-19-18;;;/h1-8,11,13H,9-10,12H2;2*1H;/q-1;;;+3/p-2. The molecule has 0 saturated heterocycles. The first-order valence-corrected chi connectivity index (χ1v) is 6.69. The van der Waals surface area contributed by atoms with Crippen molar-refractivity contribution < 1.29 is 42.2 Å². The van der Waals surface area contributed by atoms with Crippen LogP contribution in [0.4, 0.5) is 0 Å². The molecule has 4 heteroatoms. The molecule has 0 bridgehead atoms. The fourth-order valence-electron chi connectivity index (χ4n) is 2.32. The summed E-state index contributed by atoms with van der Waals surface area (Å²) in [6.07, 6.45) is 10.7. The first kappa shape index (κ1) is 21.0. The SMILES string of the molecule is [C-]1=C(CCc2ccccn2)CC=C1c1ccccc1.[Cl-].[Cl-].[Cr+3]. The van der Waals surface area contributed by atoms with Crippen molar-refractivity contribution in [3.8, 4) is 0 Å². The molecule has 0 unspecified atom stereocenters. The molecule has 1 aromatic carbocycles. The molecule has 3 rings (SSSR count). The summed E-state index contributed by atoms with van der Waals surface area (Å²) in [6, 6.07) is 16.6. The maximum absolute atomic E-state index is 4.36. The van der Waals surface area contributed by atoms with Gasteiger partial charge in [-0.15, -0.1) is 23.3 Å². The Balaban J connectivity index is 0.00000147. The van der Waals surface area contributed by atoms with E-state index in [1.165, 1.54) is 16.7 Å². The summed E-state index contributed by atoms with van der Waals surface area (Å²) in [4.78, 5) is 4.36. The fourth-order valence-corrected chi connectivity index (χ4v) is 2.32. The van der Waals surface area contributed by atoms with Gasteiger partial charge < -0.3 is 24.8 Å². The van der Waals surface area contributed by atoms with Gasteiger partial charge in [-0.2, -0.15) is 17.7 Å². The second-order valence-electron chi connectivity index (χ2n) is 4.74. The van der Waals surface area contributed by atoms with E-state index in [0.29, 0.717) is 0 Å². The zero-order valence-electron chi connectivity index (χ0n) is 12.0. The number of nitrogens with zero attached hydrogens (tertiary/aromatic N) is 1. The summed E-state index contributed by atoms with van der Waals surface area (Å²) in [6.45, 7) is 0. The number of hydrogen-bond donors (Lipinski definition) is 0. The molecule has 1 radical (unpaired) electrons. The molecule has 0 N–H and O–H groups in total. The molecule has 22 heavy (non-hydrogen) atoms. The predicted molar refractivity (Wildman–Crippen MR) is 78.4 cm³/mol. The van der Waals surface area contributed by atoms with E-state index >= 15 is 0 Å². The fraction of sp³-hybridized carbons (Fsp3) is 0.167.